The van der Waals surface area contributed by atoms with E-state index in [0.717, 1.165) is 23.9 Å². The monoisotopic (exact) mass is 444 g/mol. The third-order valence-corrected chi connectivity index (χ3v) is 5.01. The van der Waals surface area contributed by atoms with E-state index in [2.05, 4.69) is 25.4 Å². The minimum absolute atomic E-state index is 0.0150. The van der Waals surface area contributed by atoms with Crippen molar-refractivity contribution in [3.05, 3.63) is 40.8 Å². The molecule has 0 fully saturated rings. The zero-order chi connectivity index (χ0) is 22.3. The molecule has 0 spiro atoms. The topological polar surface area (TPSA) is 118 Å². The van der Waals surface area contributed by atoms with Gasteiger partial charge >= 0.3 is 0 Å². The second-order valence-corrected chi connectivity index (χ2v) is 7.47. The van der Waals surface area contributed by atoms with Crippen molar-refractivity contribution in [2.45, 2.75) is 44.2 Å². The highest BCUT2D eigenvalue weighted by Crippen LogP contribution is 2.25. The van der Waals surface area contributed by atoms with Crippen molar-refractivity contribution < 1.29 is 32.6 Å². The van der Waals surface area contributed by atoms with Crippen LogP contribution in [0.15, 0.2) is 33.0 Å². The fourth-order valence-electron chi connectivity index (χ4n) is 2.48. The molecule has 1 aromatic heterocycles. The number of oxime groups is 1. The van der Waals surface area contributed by atoms with Crippen molar-refractivity contribution >= 4 is 29.2 Å². The molecular formula is C18H19F3N4O4S. The Balaban J connectivity index is 2.06. The molecular weight excluding hydrogens is 425 g/mol. The maximum atomic E-state index is 13.5. The Hall–Kier alpha value is -2.89. The van der Waals surface area contributed by atoms with Gasteiger partial charge in [-0.25, -0.2) is 17.8 Å². The van der Waals surface area contributed by atoms with Crippen LogP contribution in [0.25, 0.3) is 0 Å². The van der Waals surface area contributed by atoms with E-state index in [4.69, 9.17) is 0 Å². The van der Waals surface area contributed by atoms with E-state index in [0.29, 0.717) is 5.75 Å². The lowest BCUT2D eigenvalue weighted by Gasteiger charge is -2.12. The number of hydrogen-bond acceptors (Lipinski definition) is 8. The molecule has 1 atom stereocenters. The Morgan fingerprint density at radius 2 is 2.07 bits per heavy atom. The van der Waals surface area contributed by atoms with Crippen LogP contribution in [0.3, 0.4) is 0 Å². The number of carbonyl (C=O) groups excluding carboxylic acids is 2. The van der Waals surface area contributed by atoms with Crippen LogP contribution < -0.4 is 5.32 Å². The summed E-state index contributed by atoms with van der Waals surface area (Å²) < 4.78 is 43.9. The maximum Gasteiger partial charge on any atom is 0.266 e. The van der Waals surface area contributed by atoms with Crippen LogP contribution in [0.5, 0.6) is 0 Å². The predicted molar refractivity (Wildman–Crippen MR) is 101 cm³/mol. The highest BCUT2D eigenvalue weighted by Gasteiger charge is 2.21. The van der Waals surface area contributed by atoms with Gasteiger partial charge in [-0.15, -0.1) is 0 Å². The number of benzene rings is 1. The molecule has 2 rings (SSSR count). The smallest absolute Gasteiger partial charge is 0.266 e. The summed E-state index contributed by atoms with van der Waals surface area (Å²) in [6, 6.07) is 2.87. The van der Waals surface area contributed by atoms with Gasteiger partial charge in [0, 0.05) is 18.2 Å². The Morgan fingerprint density at radius 3 is 2.70 bits per heavy atom. The number of amides is 1. The highest BCUT2D eigenvalue weighted by atomic mass is 32.2. The standard InChI is InChI=1S/C18H19F3N4O4S/c1-9(22-15(27)5-10(2)26)8-30-18-16(24-29-25-18)14(23-28)7-11-3-4-13(19)12(6-11)17(20)21/h3-4,6,9,17,28H,5,7-8H2,1-2H3,(H,22,27)/t9-/m1/s1. The zero-order valence-corrected chi connectivity index (χ0v) is 16.9. The SMILES string of the molecule is CC(=O)CC(=O)N[C@H](C)CSc1nonc1C(Cc1ccc(F)c(C(F)F)c1)=NO. The van der Waals surface area contributed by atoms with Gasteiger partial charge in [0.2, 0.25) is 5.91 Å². The minimum atomic E-state index is -2.99. The van der Waals surface area contributed by atoms with E-state index in [-0.39, 0.29) is 46.7 Å². The Kier molecular flexibility index (Phi) is 8.39. The third kappa shape index (κ3) is 6.58. The fourth-order valence-corrected chi connectivity index (χ4v) is 3.35. The lowest BCUT2D eigenvalue weighted by molar-refractivity contribution is -0.127. The average Bonchev–Trinajstić information content (AvgIpc) is 3.13. The third-order valence-electron chi connectivity index (χ3n) is 3.81. The van der Waals surface area contributed by atoms with Gasteiger partial charge < -0.3 is 10.5 Å². The maximum absolute atomic E-state index is 13.5. The minimum Gasteiger partial charge on any atom is -0.411 e. The Morgan fingerprint density at radius 1 is 1.33 bits per heavy atom. The van der Waals surface area contributed by atoms with Gasteiger partial charge in [0.15, 0.2) is 10.7 Å². The molecule has 0 bridgehead atoms. The molecule has 1 heterocycles. The Bertz CT molecular complexity index is 936. The van der Waals surface area contributed by atoms with Gasteiger partial charge in [-0.3, -0.25) is 9.59 Å². The average molecular weight is 444 g/mol. The number of alkyl halides is 2. The van der Waals surface area contributed by atoms with E-state index < -0.39 is 23.7 Å². The number of rotatable bonds is 10. The lowest BCUT2D eigenvalue weighted by Crippen LogP contribution is -2.35. The van der Waals surface area contributed by atoms with E-state index in [1.165, 1.54) is 13.0 Å². The van der Waals surface area contributed by atoms with Crippen molar-refractivity contribution in [1.82, 2.24) is 15.6 Å². The Labute approximate surface area is 173 Å². The number of carbonyl (C=O) groups is 2. The van der Waals surface area contributed by atoms with Crippen molar-refractivity contribution in [2.24, 2.45) is 5.16 Å². The fraction of sp³-hybridized carbons (Fsp3) is 0.389. The number of Topliss-reactive ketones (excluding diaryl/α,β-unsaturated/α-hetero) is 1. The van der Waals surface area contributed by atoms with E-state index in [9.17, 15) is 28.0 Å². The summed E-state index contributed by atoms with van der Waals surface area (Å²) in [5.74, 6) is -1.35. The molecule has 2 N–H and O–H groups in total. The molecule has 0 saturated heterocycles. The van der Waals surface area contributed by atoms with Crippen molar-refractivity contribution in [3.8, 4) is 0 Å². The number of halogens is 3. The molecule has 0 aliphatic carbocycles. The van der Waals surface area contributed by atoms with Gasteiger partial charge in [-0.2, -0.15) is 0 Å². The number of thioether (sulfide) groups is 1. The van der Waals surface area contributed by atoms with Crippen LogP contribution in [0.1, 0.15) is 43.5 Å². The largest absolute Gasteiger partial charge is 0.411 e. The molecule has 2 aromatic rings. The second-order valence-electron chi connectivity index (χ2n) is 6.46. The van der Waals surface area contributed by atoms with Gasteiger partial charge in [-0.05, 0) is 41.9 Å². The first-order valence-corrected chi connectivity index (χ1v) is 9.71. The molecule has 12 heteroatoms. The first kappa shape index (κ1) is 23.4. The van der Waals surface area contributed by atoms with Crippen LogP contribution >= 0.6 is 11.8 Å². The van der Waals surface area contributed by atoms with Gasteiger partial charge in [-0.1, -0.05) is 23.0 Å². The van der Waals surface area contributed by atoms with Crippen LogP contribution in [-0.4, -0.2) is 44.7 Å². The van der Waals surface area contributed by atoms with Gasteiger partial charge in [0.25, 0.3) is 6.43 Å². The summed E-state index contributed by atoms with van der Waals surface area (Å²) in [5.41, 5.74) is -0.400. The van der Waals surface area contributed by atoms with Gasteiger partial charge in [0.1, 0.15) is 17.3 Å². The molecule has 0 radical (unpaired) electrons. The summed E-state index contributed by atoms with van der Waals surface area (Å²) in [6.07, 6.45) is -3.33. The van der Waals surface area contributed by atoms with Crippen molar-refractivity contribution in [2.75, 3.05) is 5.75 Å². The summed E-state index contributed by atoms with van der Waals surface area (Å²) in [7, 11) is 0. The molecule has 0 aliphatic rings. The molecule has 162 valence electrons. The molecule has 8 nitrogen and oxygen atoms in total. The number of nitrogens with one attached hydrogen (secondary N) is 1. The first-order chi connectivity index (χ1) is 14.2. The number of ketones is 1. The van der Waals surface area contributed by atoms with Crippen LogP contribution in [0.4, 0.5) is 13.2 Å². The molecule has 1 amide bonds. The summed E-state index contributed by atoms with van der Waals surface area (Å²) in [6.45, 7) is 3.04. The number of hydrogen-bond donors (Lipinski definition) is 2. The highest BCUT2D eigenvalue weighted by molar-refractivity contribution is 7.99. The predicted octanol–water partition coefficient (Wildman–Crippen LogP) is 3.14. The summed E-state index contributed by atoms with van der Waals surface area (Å²) in [5, 5.41) is 22.8. The summed E-state index contributed by atoms with van der Waals surface area (Å²) in [4.78, 5) is 22.6. The second kappa shape index (κ2) is 10.8. The summed E-state index contributed by atoms with van der Waals surface area (Å²) >= 11 is 1.15. The van der Waals surface area contributed by atoms with Crippen molar-refractivity contribution in [3.63, 3.8) is 0 Å². The lowest BCUT2D eigenvalue weighted by atomic mass is 10.0. The first-order valence-electron chi connectivity index (χ1n) is 8.73. The van der Waals surface area contributed by atoms with E-state index in [1.807, 2.05) is 0 Å². The molecule has 1 aromatic carbocycles. The normalized spacial score (nSPS) is 12.8. The van der Waals surface area contributed by atoms with Crippen LogP contribution in [-0.2, 0) is 16.0 Å². The van der Waals surface area contributed by atoms with E-state index in [1.54, 1.807) is 6.92 Å². The molecule has 0 unspecified atom stereocenters. The number of aromatic nitrogens is 2. The quantitative estimate of drug-likeness (QED) is 0.190. The zero-order valence-electron chi connectivity index (χ0n) is 16.1. The molecule has 0 aliphatic heterocycles. The molecule has 30 heavy (non-hydrogen) atoms. The molecule has 0 saturated carbocycles. The van der Waals surface area contributed by atoms with Gasteiger partial charge in [0.05, 0.1) is 12.0 Å². The van der Waals surface area contributed by atoms with E-state index >= 15 is 0 Å². The number of nitrogens with zero attached hydrogens (tertiary/aromatic N) is 3. The van der Waals surface area contributed by atoms with Crippen molar-refractivity contribution in [1.29, 1.82) is 0 Å². The van der Waals surface area contributed by atoms with Crippen LogP contribution in [0, 0.1) is 5.82 Å². The van der Waals surface area contributed by atoms with Crippen LogP contribution in [0.2, 0.25) is 0 Å².